The number of H-pyrrole nitrogens is 1. The van der Waals surface area contributed by atoms with Crippen molar-refractivity contribution in [3.63, 3.8) is 0 Å². The average molecular weight is 509 g/mol. The van der Waals surface area contributed by atoms with Gasteiger partial charge in [-0.25, -0.2) is 9.36 Å². The van der Waals surface area contributed by atoms with E-state index in [4.69, 9.17) is 18.5 Å². The van der Waals surface area contributed by atoms with Gasteiger partial charge in [-0.15, -0.1) is 0 Å². The monoisotopic (exact) mass is 509 g/mol. The lowest BCUT2D eigenvalue weighted by Gasteiger charge is -2.29. The Kier molecular flexibility index (Phi) is 8.38. The zero-order valence-electron chi connectivity index (χ0n) is 20.4. The van der Waals surface area contributed by atoms with E-state index in [1.165, 1.54) is 23.8 Å². The molecule has 1 saturated heterocycles. The smallest absolute Gasteiger partial charge is 0.459 e. The van der Waals surface area contributed by atoms with E-state index in [0.29, 0.717) is 6.42 Å². The Bertz CT molecular complexity index is 1180. The van der Waals surface area contributed by atoms with Crippen molar-refractivity contribution in [2.24, 2.45) is 5.92 Å². The second-order valence-corrected chi connectivity index (χ2v) is 10.9. The summed E-state index contributed by atoms with van der Waals surface area (Å²) in [4.78, 5) is 38.2. The Morgan fingerprint density at radius 1 is 1.26 bits per heavy atom. The molecule has 35 heavy (non-hydrogen) atoms. The lowest BCUT2D eigenvalue weighted by molar-refractivity contribution is -0.149. The fourth-order valence-electron chi connectivity index (χ4n) is 3.85. The van der Waals surface area contributed by atoms with Gasteiger partial charge in [0.05, 0.1) is 18.3 Å². The van der Waals surface area contributed by atoms with Gasteiger partial charge in [0.25, 0.3) is 5.56 Å². The lowest BCUT2D eigenvalue weighted by Crippen LogP contribution is -2.38. The molecule has 5 atom stereocenters. The zero-order chi connectivity index (χ0) is 25.8. The van der Waals surface area contributed by atoms with Crippen LogP contribution in [0.5, 0.6) is 5.75 Å². The molecule has 0 radical (unpaired) electrons. The number of rotatable bonds is 10. The number of ether oxygens (including phenoxy) is 2. The van der Waals surface area contributed by atoms with Crippen molar-refractivity contribution in [2.45, 2.75) is 65.0 Å². The molecule has 0 spiro atoms. The van der Waals surface area contributed by atoms with Gasteiger partial charge in [0, 0.05) is 18.2 Å². The topological polar surface area (TPSA) is 138 Å². The number of aromatic amines is 1. The highest BCUT2D eigenvalue weighted by atomic mass is 31.2. The first kappa shape index (κ1) is 26.9. The molecule has 2 heterocycles. The highest BCUT2D eigenvalue weighted by Gasteiger charge is 2.45. The second-order valence-electron chi connectivity index (χ2n) is 9.17. The van der Waals surface area contributed by atoms with Crippen molar-refractivity contribution < 1.29 is 27.9 Å². The van der Waals surface area contributed by atoms with Crippen LogP contribution in [-0.4, -0.2) is 39.9 Å². The fourth-order valence-corrected chi connectivity index (χ4v) is 5.45. The largest absolute Gasteiger partial charge is 0.462 e. The van der Waals surface area contributed by atoms with Crippen LogP contribution < -0.4 is 20.9 Å². The van der Waals surface area contributed by atoms with Crippen LogP contribution >= 0.6 is 7.75 Å². The van der Waals surface area contributed by atoms with Gasteiger partial charge >= 0.3 is 19.4 Å². The molecule has 192 valence electrons. The van der Waals surface area contributed by atoms with E-state index in [0.717, 1.165) is 0 Å². The maximum absolute atomic E-state index is 13.7. The molecule has 1 aliphatic heterocycles. The van der Waals surface area contributed by atoms with E-state index in [1.807, 2.05) is 6.92 Å². The van der Waals surface area contributed by atoms with Crippen LogP contribution in [0.25, 0.3) is 0 Å². The van der Waals surface area contributed by atoms with E-state index in [2.05, 4.69) is 10.1 Å². The van der Waals surface area contributed by atoms with Crippen LogP contribution in [0.3, 0.4) is 0 Å². The van der Waals surface area contributed by atoms with Gasteiger partial charge in [0.1, 0.15) is 18.0 Å². The molecule has 12 heteroatoms. The number of esters is 1. The van der Waals surface area contributed by atoms with Gasteiger partial charge in [-0.05, 0) is 46.2 Å². The summed E-state index contributed by atoms with van der Waals surface area (Å²) in [6, 6.07) is 8.70. The third kappa shape index (κ3) is 7.14. The molecule has 11 nitrogen and oxygen atoms in total. The fraction of sp³-hybridized carbons (Fsp3) is 0.522. The van der Waals surface area contributed by atoms with E-state index in [9.17, 15) is 18.9 Å². The first-order chi connectivity index (χ1) is 16.4. The van der Waals surface area contributed by atoms with Crippen molar-refractivity contribution in [1.29, 1.82) is 0 Å². The molecule has 3 rings (SSSR count). The van der Waals surface area contributed by atoms with Crippen LogP contribution in [0.15, 0.2) is 52.2 Å². The van der Waals surface area contributed by atoms with Crippen LogP contribution in [0.4, 0.5) is 0 Å². The molecule has 2 aromatic rings. The Balaban J connectivity index is 1.76. The molecule has 2 unspecified atom stereocenters. The summed E-state index contributed by atoms with van der Waals surface area (Å²) in [5, 5.41) is 2.64. The van der Waals surface area contributed by atoms with Crippen molar-refractivity contribution >= 4 is 13.7 Å². The Morgan fingerprint density at radius 3 is 2.57 bits per heavy atom. The third-order valence-corrected chi connectivity index (χ3v) is 6.96. The number of para-hydroxylation sites is 1. The molecule has 1 aromatic carbocycles. The first-order valence-electron chi connectivity index (χ1n) is 11.4. The summed E-state index contributed by atoms with van der Waals surface area (Å²) in [7, 11) is -4.06. The number of carbonyl (C=O) groups is 1. The summed E-state index contributed by atoms with van der Waals surface area (Å²) in [5.41, 5.74) is -2.02. The minimum atomic E-state index is -4.06. The van der Waals surface area contributed by atoms with E-state index in [1.54, 1.807) is 51.1 Å². The molecule has 0 bridgehead atoms. The molecule has 1 fully saturated rings. The van der Waals surface area contributed by atoms with Crippen molar-refractivity contribution in [2.75, 3.05) is 6.61 Å². The summed E-state index contributed by atoms with van der Waals surface area (Å²) < 4.78 is 37.8. The predicted octanol–water partition coefficient (Wildman–Crippen LogP) is 2.98. The molecule has 2 N–H and O–H groups in total. The number of nitrogens with zero attached hydrogens (tertiary/aromatic N) is 1. The van der Waals surface area contributed by atoms with E-state index < -0.39 is 42.8 Å². The van der Waals surface area contributed by atoms with Crippen LogP contribution in [0.2, 0.25) is 0 Å². The van der Waals surface area contributed by atoms with Gasteiger partial charge in [-0.3, -0.25) is 23.7 Å². The lowest BCUT2D eigenvalue weighted by atomic mass is 9.97. The number of nitrogens with one attached hydrogen (secondary N) is 2. The third-order valence-electron chi connectivity index (χ3n) is 5.34. The van der Waals surface area contributed by atoms with Gasteiger partial charge in [-0.2, -0.15) is 5.09 Å². The summed E-state index contributed by atoms with van der Waals surface area (Å²) >= 11 is 0. The molecule has 1 aliphatic rings. The molecule has 0 aliphatic carbocycles. The molecule has 0 saturated carbocycles. The molecular weight excluding hydrogens is 477 g/mol. The van der Waals surface area contributed by atoms with Crippen molar-refractivity contribution in [3.05, 3.63) is 63.4 Å². The van der Waals surface area contributed by atoms with Crippen LogP contribution in [-0.2, 0) is 23.4 Å². The Labute approximate surface area is 203 Å². The zero-order valence-corrected chi connectivity index (χ0v) is 21.3. The predicted molar refractivity (Wildman–Crippen MR) is 128 cm³/mol. The molecule has 1 aromatic heterocycles. The Hall–Kier alpha value is -2.72. The summed E-state index contributed by atoms with van der Waals surface area (Å²) in [5.74, 6) is -0.430. The maximum Gasteiger partial charge on any atom is 0.459 e. The van der Waals surface area contributed by atoms with E-state index in [-0.39, 0.29) is 24.4 Å². The van der Waals surface area contributed by atoms with Gasteiger partial charge < -0.3 is 14.0 Å². The van der Waals surface area contributed by atoms with Crippen LogP contribution in [0.1, 0.15) is 47.3 Å². The highest BCUT2D eigenvalue weighted by Crippen LogP contribution is 2.48. The number of hydrogen-bond acceptors (Lipinski definition) is 8. The summed E-state index contributed by atoms with van der Waals surface area (Å²) in [6.45, 7) is 8.44. The average Bonchev–Trinajstić information content (AvgIpc) is 3.07. The molecular formula is C23H32N3O8P. The van der Waals surface area contributed by atoms with Gasteiger partial charge in [0.15, 0.2) is 0 Å². The maximum atomic E-state index is 13.7. The standard InChI is InChI=1S/C23H32N3O8P/c1-15(2)32-21(28)17(4)25-35(30,34-18-9-7-6-8-10-18)31-14-23(5)13-16(3)20(33-23)26-12-11-19(27)24-22(26)29/h6-12,15-17,20H,13-14H2,1-5H3,(H,25,30)(H,24,27,29)/t16-,17+,20+,23?,35?/m0/s1. The summed E-state index contributed by atoms with van der Waals surface area (Å²) in [6.07, 6.45) is 0.847. The second kappa shape index (κ2) is 10.9. The minimum absolute atomic E-state index is 0.116. The van der Waals surface area contributed by atoms with Gasteiger partial charge in [-0.1, -0.05) is 25.1 Å². The number of carbonyl (C=O) groups excluding carboxylic acids is 1. The SMILES string of the molecule is CC(C)OC(=O)[C@@H](C)NP(=O)(OCC1(C)C[C@H](C)[C@H](n2ccc(=O)[nH]c2=O)O1)Oc1ccccc1. The Morgan fingerprint density at radius 2 is 1.94 bits per heavy atom. The highest BCUT2D eigenvalue weighted by molar-refractivity contribution is 7.52. The minimum Gasteiger partial charge on any atom is -0.462 e. The van der Waals surface area contributed by atoms with Crippen molar-refractivity contribution in [1.82, 2.24) is 14.6 Å². The number of benzene rings is 1. The van der Waals surface area contributed by atoms with E-state index >= 15 is 0 Å². The van der Waals surface area contributed by atoms with Gasteiger partial charge in [0.2, 0.25) is 0 Å². The number of hydrogen-bond donors (Lipinski definition) is 2. The normalized spacial score (nSPS) is 24.6. The van der Waals surface area contributed by atoms with Crippen molar-refractivity contribution in [3.8, 4) is 5.75 Å². The first-order valence-corrected chi connectivity index (χ1v) is 12.9. The van der Waals surface area contributed by atoms with Crippen LogP contribution in [0, 0.1) is 5.92 Å². The molecule has 0 amide bonds. The quantitative estimate of drug-likeness (QED) is 0.366. The number of aromatic nitrogens is 2.